The zero-order valence-corrected chi connectivity index (χ0v) is 14.3. The first-order chi connectivity index (χ1) is 10.6. The summed E-state index contributed by atoms with van der Waals surface area (Å²) in [7, 11) is 0. The number of likely N-dealkylation sites (tertiary alicyclic amines) is 1. The molecular formula is C17H26N2O2S. The Bertz CT molecular complexity index is 485. The lowest BCUT2D eigenvalue weighted by molar-refractivity contribution is -0.126. The Morgan fingerprint density at radius 2 is 2.27 bits per heavy atom. The van der Waals surface area contributed by atoms with Crippen molar-refractivity contribution in [2.75, 3.05) is 19.6 Å². The number of thiophene rings is 1. The van der Waals surface area contributed by atoms with Crippen molar-refractivity contribution in [2.45, 2.75) is 39.5 Å². The Morgan fingerprint density at radius 1 is 1.45 bits per heavy atom. The molecule has 2 amide bonds. The van der Waals surface area contributed by atoms with E-state index in [0.29, 0.717) is 12.5 Å². The maximum absolute atomic E-state index is 12.4. The highest BCUT2D eigenvalue weighted by molar-refractivity contribution is 7.12. The van der Waals surface area contributed by atoms with Crippen LogP contribution < -0.4 is 5.32 Å². The molecule has 0 bridgehead atoms. The molecule has 1 saturated heterocycles. The molecule has 1 aliphatic rings. The third-order valence-electron chi connectivity index (χ3n) is 4.07. The highest BCUT2D eigenvalue weighted by Gasteiger charge is 2.28. The van der Waals surface area contributed by atoms with E-state index in [1.54, 1.807) is 0 Å². The standard InChI is InChI=1S/C17H26N2O2S/c1-13(2)6-3-9-18-16(20)14-7-4-10-19(12-14)17(21)15-8-5-11-22-15/h5,8,11,13-14H,3-4,6-7,9-10,12H2,1-2H3,(H,18,20). The lowest BCUT2D eigenvalue weighted by Crippen LogP contribution is -2.45. The van der Waals surface area contributed by atoms with Gasteiger partial charge in [-0.05, 0) is 43.0 Å². The van der Waals surface area contributed by atoms with Gasteiger partial charge in [-0.2, -0.15) is 0 Å². The number of hydrogen-bond acceptors (Lipinski definition) is 3. The van der Waals surface area contributed by atoms with Crippen molar-refractivity contribution in [1.29, 1.82) is 0 Å². The van der Waals surface area contributed by atoms with Gasteiger partial charge in [-0.25, -0.2) is 0 Å². The quantitative estimate of drug-likeness (QED) is 0.818. The lowest BCUT2D eigenvalue weighted by Gasteiger charge is -2.31. The molecule has 122 valence electrons. The molecule has 0 aliphatic carbocycles. The van der Waals surface area contributed by atoms with Crippen LogP contribution in [0.15, 0.2) is 17.5 Å². The summed E-state index contributed by atoms with van der Waals surface area (Å²) in [4.78, 5) is 27.2. The number of rotatable bonds is 6. The van der Waals surface area contributed by atoms with Crippen molar-refractivity contribution >= 4 is 23.2 Å². The smallest absolute Gasteiger partial charge is 0.263 e. The minimum absolute atomic E-state index is 0.0586. The molecule has 0 spiro atoms. The number of nitrogens with zero attached hydrogens (tertiary/aromatic N) is 1. The van der Waals surface area contributed by atoms with Gasteiger partial charge in [0.05, 0.1) is 10.8 Å². The van der Waals surface area contributed by atoms with Gasteiger partial charge >= 0.3 is 0 Å². The van der Waals surface area contributed by atoms with Crippen molar-refractivity contribution in [3.63, 3.8) is 0 Å². The summed E-state index contributed by atoms with van der Waals surface area (Å²) in [5.41, 5.74) is 0. The zero-order valence-electron chi connectivity index (χ0n) is 13.5. The molecule has 1 atom stereocenters. The van der Waals surface area contributed by atoms with Gasteiger partial charge in [-0.15, -0.1) is 11.3 Å². The molecule has 5 heteroatoms. The van der Waals surface area contributed by atoms with E-state index >= 15 is 0 Å². The van der Waals surface area contributed by atoms with E-state index in [1.165, 1.54) is 11.3 Å². The first-order valence-corrected chi connectivity index (χ1v) is 9.06. The van der Waals surface area contributed by atoms with Crippen LogP contribution in [0.1, 0.15) is 49.2 Å². The molecule has 1 aromatic rings. The van der Waals surface area contributed by atoms with Gasteiger partial charge in [-0.3, -0.25) is 9.59 Å². The highest BCUT2D eigenvalue weighted by Crippen LogP contribution is 2.20. The Hall–Kier alpha value is -1.36. The van der Waals surface area contributed by atoms with Crippen LogP contribution in [-0.2, 0) is 4.79 Å². The SMILES string of the molecule is CC(C)CCCNC(=O)C1CCCN(C(=O)c2cccs2)C1. The summed E-state index contributed by atoms with van der Waals surface area (Å²) in [6.07, 6.45) is 3.94. The van der Waals surface area contributed by atoms with Gasteiger partial charge in [0.2, 0.25) is 5.91 Å². The Morgan fingerprint density at radius 3 is 2.95 bits per heavy atom. The summed E-state index contributed by atoms with van der Waals surface area (Å²) in [5.74, 6) is 0.780. The number of hydrogen-bond donors (Lipinski definition) is 1. The molecule has 22 heavy (non-hydrogen) atoms. The number of carbonyl (C=O) groups excluding carboxylic acids is 2. The van der Waals surface area contributed by atoms with Gasteiger partial charge in [0.15, 0.2) is 0 Å². The molecule has 2 heterocycles. The van der Waals surface area contributed by atoms with E-state index in [4.69, 9.17) is 0 Å². The summed E-state index contributed by atoms with van der Waals surface area (Å²) in [6, 6.07) is 3.74. The van der Waals surface area contributed by atoms with Crippen LogP contribution in [0.5, 0.6) is 0 Å². The number of amides is 2. The Balaban J connectivity index is 1.80. The third kappa shape index (κ3) is 4.83. The van der Waals surface area contributed by atoms with E-state index in [2.05, 4.69) is 19.2 Å². The fourth-order valence-electron chi connectivity index (χ4n) is 2.80. The normalized spacial score (nSPS) is 18.5. The molecule has 0 saturated carbocycles. The maximum atomic E-state index is 12.4. The molecule has 2 rings (SSSR count). The third-order valence-corrected chi connectivity index (χ3v) is 4.93. The first kappa shape index (κ1) is 17.0. The number of carbonyl (C=O) groups is 2. The Labute approximate surface area is 136 Å². The summed E-state index contributed by atoms with van der Waals surface area (Å²) in [6.45, 7) is 6.43. The second-order valence-electron chi connectivity index (χ2n) is 6.39. The number of piperidine rings is 1. The van der Waals surface area contributed by atoms with Crippen LogP contribution in [0.4, 0.5) is 0 Å². The van der Waals surface area contributed by atoms with Crippen molar-refractivity contribution in [2.24, 2.45) is 11.8 Å². The number of nitrogens with one attached hydrogen (secondary N) is 1. The predicted octanol–water partition coefficient (Wildman–Crippen LogP) is 3.15. The average Bonchev–Trinajstić information content (AvgIpc) is 3.05. The van der Waals surface area contributed by atoms with Crippen LogP contribution in [0.25, 0.3) is 0 Å². The zero-order chi connectivity index (χ0) is 15.9. The van der Waals surface area contributed by atoms with E-state index in [9.17, 15) is 9.59 Å². The van der Waals surface area contributed by atoms with Gasteiger partial charge in [0.25, 0.3) is 5.91 Å². The molecule has 1 unspecified atom stereocenters. The largest absolute Gasteiger partial charge is 0.356 e. The van der Waals surface area contributed by atoms with Crippen LogP contribution in [-0.4, -0.2) is 36.3 Å². The minimum Gasteiger partial charge on any atom is -0.356 e. The summed E-state index contributed by atoms with van der Waals surface area (Å²) in [5, 5.41) is 4.94. The second kappa shape index (κ2) is 8.32. The first-order valence-electron chi connectivity index (χ1n) is 8.18. The minimum atomic E-state index is -0.0586. The molecule has 1 fully saturated rings. The van der Waals surface area contributed by atoms with E-state index in [0.717, 1.165) is 43.6 Å². The van der Waals surface area contributed by atoms with E-state index in [-0.39, 0.29) is 17.7 Å². The lowest BCUT2D eigenvalue weighted by atomic mass is 9.97. The van der Waals surface area contributed by atoms with Crippen molar-refractivity contribution < 1.29 is 9.59 Å². The van der Waals surface area contributed by atoms with Crippen molar-refractivity contribution in [3.8, 4) is 0 Å². The van der Waals surface area contributed by atoms with Gasteiger partial charge in [-0.1, -0.05) is 19.9 Å². The molecule has 1 aromatic heterocycles. The maximum Gasteiger partial charge on any atom is 0.263 e. The fraction of sp³-hybridized carbons (Fsp3) is 0.647. The molecule has 1 aliphatic heterocycles. The van der Waals surface area contributed by atoms with Crippen LogP contribution in [0.2, 0.25) is 0 Å². The van der Waals surface area contributed by atoms with Crippen molar-refractivity contribution in [1.82, 2.24) is 10.2 Å². The van der Waals surface area contributed by atoms with Gasteiger partial charge < -0.3 is 10.2 Å². The molecule has 0 aromatic carbocycles. The topological polar surface area (TPSA) is 49.4 Å². The average molecular weight is 322 g/mol. The fourth-order valence-corrected chi connectivity index (χ4v) is 3.49. The van der Waals surface area contributed by atoms with Gasteiger partial charge in [0.1, 0.15) is 0 Å². The molecule has 1 N–H and O–H groups in total. The van der Waals surface area contributed by atoms with Crippen LogP contribution in [0, 0.1) is 11.8 Å². The molecular weight excluding hydrogens is 296 g/mol. The van der Waals surface area contributed by atoms with Crippen LogP contribution >= 0.6 is 11.3 Å². The van der Waals surface area contributed by atoms with Gasteiger partial charge in [0, 0.05) is 19.6 Å². The van der Waals surface area contributed by atoms with Crippen molar-refractivity contribution in [3.05, 3.63) is 22.4 Å². The monoisotopic (exact) mass is 322 g/mol. The summed E-state index contributed by atoms with van der Waals surface area (Å²) >= 11 is 1.46. The predicted molar refractivity (Wildman–Crippen MR) is 90.0 cm³/mol. The van der Waals surface area contributed by atoms with E-state index in [1.807, 2.05) is 22.4 Å². The Kier molecular flexibility index (Phi) is 6.43. The summed E-state index contributed by atoms with van der Waals surface area (Å²) < 4.78 is 0. The highest BCUT2D eigenvalue weighted by atomic mass is 32.1. The van der Waals surface area contributed by atoms with Crippen LogP contribution in [0.3, 0.4) is 0 Å². The van der Waals surface area contributed by atoms with E-state index < -0.39 is 0 Å². The second-order valence-corrected chi connectivity index (χ2v) is 7.34. The molecule has 0 radical (unpaired) electrons. The molecule has 4 nitrogen and oxygen atoms in total.